The van der Waals surface area contributed by atoms with Crippen LogP contribution in [0.15, 0.2) is 18.2 Å². The molecule has 1 heterocycles. The van der Waals surface area contributed by atoms with E-state index in [1.165, 1.54) is 0 Å². The fraction of sp³-hybridized carbons (Fsp3) is 0.429. The molecular weight excluding hydrogens is 260 g/mol. The Labute approximate surface area is 118 Å². The van der Waals surface area contributed by atoms with Crippen molar-refractivity contribution in [1.82, 2.24) is 14.5 Å². The van der Waals surface area contributed by atoms with Crippen LogP contribution < -0.4 is 0 Å². The molecule has 0 amide bonds. The second kappa shape index (κ2) is 5.60. The van der Waals surface area contributed by atoms with E-state index < -0.39 is 0 Å². The van der Waals surface area contributed by atoms with Gasteiger partial charge < -0.3 is 9.47 Å². The van der Waals surface area contributed by atoms with Gasteiger partial charge in [0, 0.05) is 12.6 Å². The van der Waals surface area contributed by atoms with Gasteiger partial charge in [-0.3, -0.25) is 0 Å². The van der Waals surface area contributed by atoms with Gasteiger partial charge in [0.05, 0.1) is 28.5 Å². The summed E-state index contributed by atoms with van der Waals surface area (Å²) in [7, 11) is 4.09. The molecule has 0 bridgehead atoms. The molecule has 4 nitrogen and oxygen atoms in total. The minimum absolute atomic E-state index is 0.366. The van der Waals surface area contributed by atoms with Crippen LogP contribution in [0.2, 0.25) is 0 Å². The highest BCUT2D eigenvalue weighted by Gasteiger charge is 2.14. The van der Waals surface area contributed by atoms with Crippen molar-refractivity contribution in [1.29, 1.82) is 5.26 Å². The van der Waals surface area contributed by atoms with Gasteiger partial charge in [0.15, 0.2) is 0 Å². The van der Waals surface area contributed by atoms with Crippen LogP contribution in [0.25, 0.3) is 11.0 Å². The number of imidazole rings is 1. The van der Waals surface area contributed by atoms with E-state index in [0.717, 1.165) is 23.4 Å². The molecule has 5 heteroatoms. The normalized spacial score (nSPS) is 12.8. The van der Waals surface area contributed by atoms with E-state index in [1.807, 2.05) is 26.2 Å². The molecule has 0 fully saturated rings. The average molecular weight is 277 g/mol. The minimum atomic E-state index is 0.366. The number of aromatic nitrogens is 2. The van der Waals surface area contributed by atoms with Crippen molar-refractivity contribution in [3.63, 3.8) is 0 Å². The number of rotatable bonds is 4. The first kappa shape index (κ1) is 13.9. The highest BCUT2D eigenvalue weighted by Crippen LogP contribution is 2.20. The fourth-order valence-corrected chi connectivity index (χ4v) is 2.18. The van der Waals surface area contributed by atoms with Gasteiger partial charge in [-0.25, -0.2) is 4.98 Å². The van der Waals surface area contributed by atoms with Crippen molar-refractivity contribution in [3.8, 4) is 6.07 Å². The number of benzene rings is 1. The summed E-state index contributed by atoms with van der Waals surface area (Å²) in [5.74, 6) is 1.22. The van der Waals surface area contributed by atoms with Gasteiger partial charge >= 0.3 is 0 Å². The zero-order valence-electron chi connectivity index (χ0n) is 11.4. The summed E-state index contributed by atoms with van der Waals surface area (Å²) in [5.41, 5.74) is 2.51. The third kappa shape index (κ3) is 2.73. The molecule has 0 saturated carbocycles. The summed E-state index contributed by atoms with van der Waals surface area (Å²) in [6, 6.07) is 8.07. The highest BCUT2D eigenvalue weighted by molar-refractivity contribution is 6.16. The molecule has 0 aliphatic rings. The summed E-state index contributed by atoms with van der Waals surface area (Å²) in [5, 5.41) is 9.01. The fourth-order valence-electron chi connectivity index (χ4n) is 1.98. The largest absolute Gasteiger partial charge is 0.325 e. The Balaban J connectivity index is 2.52. The van der Waals surface area contributed by atoms with Gasteiger partial charge in [-0.15, -0.1) is 11.6 Å². The molecule has 0 N–H and O–H groups in total. The van der Waals surface area contributed by atoms with Crippen LogP contribution in [-0.2, 0) is 12.4 Å². The van der Waals surface area contributed by atoms with Crippen molar-refractivity contribution in [2.45, 2.75) is 25.4 Å². The van der Waals surface area contributed by atoms with E-state index in [4.69, 9.17) is 16.9 Å². The maximum atomic E-state index is 9.01. The van der Waals surface area contributed by atoms with Crippen LogP contribution in [0.1, 0.15) is 18.3 Å². The number of alkyl halides is 1. The quantitative estimate of drug-likeness (QED) is 0.807. The second-order valence-corrected chi connectivity index (χ2v) is 5.17. The molecule has 2 rings (SSSR count). The van der Waals surface area contributed by atoms with Crippen molar-refractivity contribution in [3.05, 3.63) is 29.6 Å². The lowest BCUT2D eigenvalue weighted by atomic mass is 10.2. The van der Waals surface area contributed by atoms with Crippen LogP contribution in [-0.4, -0.2) is 34.6 Å². The van der Waals surface area contributed by atoms with Crippen LogP contribution in [0.4, 0.5) is 0 Å². The molecular formula is C14H17ClN4. The van der Waals surface area contributed by atoms with Gasteiger partial charge in [0.25, 0.3) is 0 Å². The van der Waals surface area contributed by atoms with Crippen LogP contribution in [0, 0.1) is 11.3 Å². The zero-order chi connectivity index (χ0) is 14.0. The predicted molar refractivity (Wildman–Crippen MR) is 77.2 cm³/mol. The van der Waals surface area contributed by atoms with Gasteiger partial charge in [-0.05, 0) is 39.2 Å². The monoisotopic (exact) mass is 276 g/mol. The Morgan fingerprint density at radius 3 is 2.79 bits per heavy atom. The van der Waals surface area contributed by atoms with E-state index in [-0.39, 0.29) is 0 Å². The second-order valence-electron chi connectivity index (χ2n) is 4.90. The number of hydrogen-bond acceptors (Lipinski definition) is 3. The van der Waals surface area contributed by atoms with E-state index >= 15 is 0 Å². The average Bonchev–Trinajstić information content (AvgIpc) is 2.75. The summed E-state index contributed by atoms with van der Waals surface area (Å²) in [6.45, 7) is 2.96. The maximum Gasteiger partial charge on any atom is 0.124 e. The molecule has 0 radical (unpaired) electrons. The van der Waals surface area contributed by atoms with E-state index in [2.05, 4.69) is 27.4 Å². The predicted octanol–water partition coefficient (Wildman–Crippen LogP) is 2.60. The van der Waals surface area contributed by atoms with E-state index in [0.29, 0.717) is 17.5 Å². The number of likely N-dealkylation sites (N-methyl/N-ethyl adjacent to an activating group) is 1. The summed E-state index contributed by atoms with van der Waals surface area (Å²) in [6.07, 6.45) is 0. The molecule has 19 heavy (non-hydrogen) atoms. The van der Waals surface area contributed by atoms with Crippen LogP contribution in [0.3, 0.4) is 0 Å². The number of halogens is 1. The third-order valence-corrected chi connectivity index (χ3v) is 3.64. The Bertz CT molecular complexity index is 624. The van der Waals surface area contributed by atoms with Gasteiger partial charge in [0.1, 0.15) is 5.82 Å². The van der Waals surface area contributed by atoms with Crippen LogP contribution in [0.5, 0.6) is 0 Å². The topological polar surface area (TPSA) is 44.9 Å². The summed E-state index contributed by atoms with van der Waals surface area (Å²) in [4.78, 5) is 6.67. The Morgan fingerprint density at radius 1 is 1.47 bits per heavy atom. The standard InChI is InChI=1S/C14H17ClN4/c1-10(18(2)3)9-19-13-6-11(8-16)4-5-12(13)17-14(19)7-15/h4-6,10H,7,9H2,1-3H3. The highest BCUT2D eigenvalue weighted by atomic mass is 35.5. The molecule has 0 aliphatic heterocycles. The number of nitriles is 1. The Kier molecular flexibility index (Phi) is 4.08. The Morgan fingerprint density at radius 2 is 2.21 bits per heavy atom. The van der Waals surface area contributed by atoms with Crippen molar-refractivity contribution in [2.24, 2.45) is 0 Å². The molecule has 2 aromatic rings. The first-order valence-electron chi connectivity index (χ1n) is 6.18. The molecule has 1 unspecified atom stereocenters. The van der Waals surface area contributed by atoms with Gasteiger partial charge in [0.2, 0.25) is 0 Å². The van der Waals surface area contributed by atoms with Crippen molar-refractivity contribution >= 4 is 22.6 Å². The van der Waals surface area contributed by atoms with Gasteiger partial charge in [-0.2, -0.15) is 5.26 Å². The first-order chi connectivity index (χ1) is 9.06. The number of hydrogen-bond donors (Lipinski definition) is 0. The first-order valence-corrected chi connectivity index (χ1v) is 6.72. The number of nitrogens with zero attached hydrogens (tertiary/aromatic N) is 4. The number of fused-ring (bicyclic) bond motifs is 1. The molecule has 1 atom stereocenters. The molecule has 1 aromatic heterocycles. The molecule has 0 aliphatic carbocycles. The molecule has 0 saturated heterocycles. The summed E-state index contributed by atoms with van der Waals surface area (Å²) < 4.78 is 2.10. The van der Waals surface area contributed by atoms with Crippen LogP contribution >= 0.6 is 11.6 Å². The third-order valence-electron chi connectivity index (χ3n) is 3.40. The maximum absolute atomic E-state index is 9.01. The molecule has 100 valence electrons. The lowest BCUT2D eigenvalue weighted by molar-refractivity contribution is 0.284. The van der Waals surface area contributed by atoms with E-state index in [1.54, 1.807) is 6.07 Å². The summed E-state index contributed by atoms with van der Waals surface area (Å²) >= 11 is 5.98. The van der Waals surface area contributed by atoms with Crippen molar-refractivity contribution < 1.29 is 0 Å². The lowest BCUT2D eigenvalue weighted by Crippen LogP contribution is -2.29. The smallest absolute Gasteiger partial charge is 0.124 e. The van der Waals surface area contributed by atoms with Gasteiger partial charge in [-0.1, -0.05) is 0 Å². The lowest BCUT2D eigenvalue weighted by Gasteiger charge is -2.21. The zero-order valence-corrected chi connectivity index (χ0v) is 12.1. The minimum Gasteiger partial charge on any atom is -0.325 e. The molecule has 0 spiro atoms. The SMILES string of the molecule is CC(Cn1c(CCl)nc2ccc(C#N)cc21)N(C)C. The van der Waals surface area contributed by atoms with E-state index in [9.17, 15) is 0 Å². The molecule has 1 aromatic carbocycles. The Hall–Kier alpha value is -1.57. The van der Waals surface area contributed by atoms with Crippen molar-refractivity contribution in [2.75, 3.05) is 14.1 Å².